The molecule has 0 aromatic heterocycles. The summed E-state index contributed by atoms with van der Waals surface area (Å²) in [5, 5.41) is 0. The molecule has 0 aliphatic rings. The Kier molecular flexibility index (Phi) is 5.88. The molecule has 0 spiro atoms. The highest BCUT2D eigenvalue weighted by Crippen LogP contribution is 2.29. The van der Waals surface area contributed by atoms with Gasteiger partial charge in [-0.1, -0.05) is 36.9 Å². The van der Waals surface area contributed by atoms with Gasteiger partial charge in [-0.2, -0.15) is 0 Å². The minimum atomic E-state index is -0.568. The SMILES string of the molecule is C=CC(=O)Oc1ccc(OC(=O)/C=C/c2ccccc2)cc1Br. The van der Waals surface area contributed by atoms with Crippen LogP contribution in [0.5, 0.6) is 11.5 Å². The smallest absolute Gasteiger partial charge is 0.336 e. The quantitative estimate of drug-likeness (QED) is 0.449. The van der Waals surface area contributed by atoms with Gasteiger partial charge in [0, 0.05) is 12.2 Å². The van der Waals surface area contributed by atoms with Gasteiger partial charge in [-0.3, -0.25) is 0 Å². The van der Waals surface area contributed by atoms with E-state index in [1.165, 1.54) is 18.2 Å². The number of carbonyl (C=O) groups excluding carboxylic acids is 2. The minimum Gasteiger partial charge on any atom is -0.423 e. The second-order valence-electron chi connectivity index (χ2n) is 4.38. The van der Waals surface area contributed by atoms with Crippen molar-refractivity contribution < 1.29 is 19.1 Å². The van der Waals surface area contributed by atoms with E-state index >= 15 is 0 Å². The first-order chi connectivity index (χ1) is 11.1. The van der Waals surface area contributed by atoms with E-state index in [0.29, 0.717) is 16.0 Å². The molecule has 0 saturated carbocycles. The molecule has 23 heavy (non-hydrogen) atoms. The lowest BCUT2D eigenvalue weighted by molar-refractivity contribution is -0.130. The maximum Gasteiger partial charge on any atom is 0.336 e. The molecule has 0 radical (unpaired) electrons. The van der Waals surface area contributed by atoms with Gasteiger partial charge in [-0.15, -0.1) is 0 Å². The summed E-state index contributed by atoms with van der Waals surface area (Å²) in [6, 6.07) is 14.0. The zero-order valence-corrected chi connectivity index (χ0v) is 13.7. The van der Waals surface area contributed by atoms with Crippen LogP contribution in [0.15, 0.2) is 71.7 Å². The first kappa shape index (κ1) is 16.7. The number of hydrogen-bond donors (Lipinski definition) is 0. The van der Waals surface area contributed by atoms with Crippen LogP contribution in [0.25, 0.3) is 6.08 Å². The molecule has 0 N–H and O–H groups in total. The van der Waals surface area contributed by atoms with Crippen molar-refractivity contribution in [3.05, 3.63) is 77.3 Å². The van der Waals surface area contributed by atoms with E-state index in [9.17, 15) is 9.59 Å². The van der Waals surface area contributed by atoms with Crippen molar-refractivity contribution in [1.29, 1.82) is 0 Å². The Hall–Kier alpha value is -2.66. The lowest BCUT2D eigenvalue weighted by atomic mass is 10.2. The molecule has 5 heteroatoms. The summed E-state index contributed by atoms with van der Waals surface area (Å²) >= 11 is 3.25. The molecule has 0 saturated heterocycles. The number of ether oxygens (including phenoxy) is 2. The Morgan fingerprint density at radius 3 is 2.39 bits per heavy atom. The van der Waals surface area contributed by atoms with Crippen LogP contribution in [0.3, 0.4) is 0 Å². The molecule has 0 aliphatic heterocycles. The van der Waals surface area contributed by atoms with Gasteiger partial charge in [-0.05, 0) is 45.8 Å². The van der Waals surface area contributed by atoms with Gasteiger partial charge >= 0.3 is 11.9 Å². The molecular weight excluding hydrogens is 360 g/mol. The summed E-state index contributed by atoms with van der Waals surface area (Å²) in [6.07, 6.45) is 4.07. The second-order valence-corrected chi connectivity index (χ2v) is 5.24. The highest BCUT2D eigenvalue weighted by molar-refractivity contribution is 9.10. The fourth-order valence-electron chi connectivity index (χ4n) is 1.66. The van der Waals surface area contributed by atoms with E-state index in [0.717, 1.165) is 11.6 Å². The average Bonchev–Trinajstić information content (AvgIpc) is 2.56. The Balaban J connectivity index is 2.01. The standard InChI is InChI=1S/C18H13BrO4/c1-2-17(20)23-16-10-9-14(12-15(16)19)22-18(21)11-8-13-6-4-3-5-7-13/h2-12H,1H2/b11-8+. The number of esters is 2. The van der Waals surface area contributed by atoms with Gasteiger partial charge in [0.1, 0.15) is 11.5 Å². The molecule has 0 fully saturated rings. The second kappa shape index (κ2) is 8.10. The fraction of sp³-hybridized carbons (Fsp3) is 0. The third-order valence-electron chi connectivity index (χ3n) is 2.71. The Bertz CT molecular complexity index is 751. The van der Waals surface area contributed by atoms with Crippen LogP contribution in [0.4, 0.5) is 0 Å². The first-order valence-corrected chi connectivity index (χ1v) is 7.46. The maximum absolute atomic E-state index is 11.8. The Labute approximate surface area is 142 Å². The average molecular weight is 373 g/mol. The molecule has 4 nitrogen and oxygen atoms in total. The third-order valence-corrected chi connectivity index (χ3v) is 3.33. The molecule has 2 aromatic carbocycles. The van der Waals surface area contributed by atoms with Crippen molar-refractivity contribution in [3.63, 3.8) is 0 Å². The van der Waals surface area contributed by atoms with E-state index in [1.54, 1.807) is 12.1 Å². The van der Waals surface area contributed by atoms with Gasteiger partial charge in [0.05, 0.1) is 4.47 Å². The molecule has 0 aliphatic carbocycles. The molecule has 0 bridgehead atoms. The highest BCUT2D eigenvalue weighted by atomic mass is 79.9. The van der Waals surface area contributed by atoms with E-state index in [1.807, 2.05) is 30.3 Å². The zero-order valence-electron chi connectivity index (χ0n) is 12.1. The van der Waals surface area contributed by atoms with Crippen molar-refractivity contribution in [3.8, 4) is 11.5 Å². The van der Waals surface area contributed by atoms with Gasteiger partial charge in [0.2, 0.25) is 0 Å². The van der Waals surface area contributed by atoms with Crippen LogP contribution < -0.4 is 9.47 Å². The monoisotopic (exact) mass is 372 g/mol. The zero-order chi connectivity index (χ0) is 16.7. The Morgan fingerprint density at radius 2 is 1.74 bits per heavy atom. The number of carbonyl (C=O) groups is 2. The molecule has 116 valence electrons. The minimum absolute atomic E-state index is 0.314. The third kappa shape index (κ3) is 5.23. The predicted octanol–water partition coefficient (Wildman–Crippen LogP) is 4.16. The maximum atomic E-state index is 11.8. The number of rotatable bonds is 5. The molecule has 0 amide bonds. The molecule has 0 atom stereocenters. The topological polar surface area (TPSA) is 52.6 Å². The number of hydrogen-bond acceptors (Lipinski definition) is 4. The fourth-order valence-corrected chi connectivity index (χ4v) is 2.10. The van der Waals surface area contributed by atoms with Crippen LogP contribution in [0, 0.1) is 0 Å². The van der Waals surface area contributed by atoms with Gasteiger partial charge in [0.15, 0.2) is 0 Å². The number of halogens is 1. The summed E-state index contributed by atoms with van der Waals surface area (Å²) in [5.74, 6) is -0.426. The van der Waals surface area contributed by atoms with E-state index in [-0.39, 0.29) is 0 Å². The van der Waals surface area contributed by atoms with Crippen LogP contribution in [-0.4, -0.2) is 11.9 Å². The van der Waals surface area contributed by atoms with Crippen molar-refractivity contribution >= 4 is 33.9 Å². The van der Waals surface area contributed by atoms with Crippen LogP contribution >= 0.6 is 15.9 Å². The van der Waals surface area contributed by atoms with E-state index in [4.69, 9.17) is 9.47 Å². The number of benzene rings is 2. The van der Waals surface area contributed by atoms with Crippen LogP contribution in [0.2, 0.25) is 0 Å². The lowest BCUT2D eigenvalue weighted by Gasteiger charge is -2.06. The van der Waals surface area contributed by atoms with Crippen molar-refractivity contribution in [2.24, 2.45) is 0 Å². The molecule has 0 unspecified atom stereocenters. The summed E-state index contributed by atoms with van der Waals surface area (Å²) in [4.78, 5) is 22.9. The Morgan fingerprint density at radius 1 is 1.00 bits per heavy atom. The van der Waals surface area contributed by atoms with Crippen LogP contribution in [-0.2, 0) is 9.59 Å². The van der Waals surface area contributed by atoms with Gasteiger partial charge in [-0.25, -0.2) is 9.59 Å². The first-order valence-electron chi connectivity index (χ1n) is 6.67. The van der Waals surface area contributed by atoms with Crippen LogP contribution in [0.1, 0.15) is 5.56 Å². The predicted molar refractivity (Wildman–Crippen MR) is 91.1 cm³/mol. The van der Waals surface area contributed by atoms with Crippen molar-refractivity contribution in [2.45, 2.75) is 0 Å². The van der Waals surface area contributed by atoms with E-state index in [2.05, 4.69) is 22.5 Å². The highest BCUT2D eigenvalue weighted by Gasteiger charge is 2.08. The van der Waals surface area contributed by atoms with Gasteiger partial charge in [0.25, 0.3) is 0 Å². The summed E-state index contributed by atoms with van der Waals surface area (Å²) < 4.78 is 10.7. The largest absolute Gasteiger partial charge is 0.423 e. The molecular formula is C18H13BrO4. The van der Waals surface area contributed by atoms with Gasteiger partial charge < -0.3 is 9.47 Å². The molecule has 2 rings (SSSR count). The normalized spacial score (nSPS) is 10.3. The molecule has 2 aromatic rings. The lowest BCUT2D eigenvalue weighted by Crippen LogP contribution is -2.05. The summed E-state index contributed by atoms with van der Waals surface area (Å²) in [7, 11) is 0. The van der Waals surface area contributed by atoms with Crippen molar-refractivity contribution in [1.82, 2.24) is 0 Å². The molecule has 0 heterocycles. The van der Waals surface area contributed by atoms with Crippen molar-refractivity contribution in [2.75, 3.05) is 0 Å². The van der Waals surface area contributed by atoms with E-state index < -0.39 is 11.9 Å². The summed E-state index contributed by atoms with van der Waals surface area (Å²) in [5.41, 5.74) is 0.900. The summed E-state index contributed by atoms with van der Waals surface area (Å²) in [6.45, 7) is 3.32.